The number of hydrogen-bond donors (Lipinski definition) is 1. The average Bonchev–Trinajstić information content (AvgIpc) is 2.86. The Labute approximate surface area is 128 Å². The minimum absolute atomic E-state index is 0.0292. The lowest BCUT2D eigenvalue weighted by atomic mass is 10.1. The molecule has 22 heavy (non-hydrogen) atoms. The number of hydrogen-bond acceptors (Lipinski definition) is 2. The Morgan fingerprint density at radius 3 is 2.45 bits per heavy atom. The number of ketones is 1. The number of carbonyl (C=O) groups excluding carboxylic acids is 2. The van der Waals surface area contributed by atoms with Gasteiger partial charge < -0.3 is 10.3 Å². The largest absolute Gasteiger partial charge is 0.366 e. The molecule has 0 spiro atoms. The van der Waals surface area contributed by atoms with Gasteiger partial charge in [0.25, 0.3) is 0 Å². The van der Waals surface area contributed by atoms with Crippen molar-refractivity contribution in [3.63, 3.8) is 0 Å². The van der Waals surface area contributed by atoms with Gasteiger partial charge in [-0.05, 0) is 30.7 Å². The Morgan fingerprint density at radius 1 is 1.09 bits per heavy atom. The maximum Gasteiger partial charge on any atom is 0.248 e. The van der Waals surface area contributed by atoms with E-state index in [2.05, 4.69) is 0 Å². The van der Waals surface area contributed by atoms with E-state index in [0.29, 0.717) is 17.7 Å². The molecule has 0 radical (unpaired) electrons. The van der Waals surface area contributed by atoms with Gasteiger partial charge in [-0.3, -0.25) is 9.59 Å². The van der Waals surface area contributed by atoms with Crippen molar-refractivity contribution in [3.05, 3.63) is 71.4 Å². The van der Waals surface area contributed by atoms with Crippen LogP contribution in [-0.4, -0.2) is 16.3 Å². The molecule has 2 aromatic carbocycles. The first-order valence-electron chi connectivity index (χ1n) is 7.04. The molecule has 0 aliphatic heterocycles. The smallest absolute Gasteiger partial charge is 0.248 e. The molecule has 0 fully saturated rings. The maximum absolute atomic E-state index is 11.9. The standard InChI is InChI=1S/C18H16N2O2/c1-12(21)16-11-20(10-13-5-3-2-4-6-13)17-8-7-14(18(19)22)9-15(16)17/h2-9,11H,10H2,1H3,(H2,19,22). The second-order valence-electron chi connectivity index (χ2n) is 5.31. The zero-order valence-corrected chi connectivity index (χ0v) is 12.2. The number of primary amides is 1. The van der Waals surface area contributed by atoms with Crippen LogP contribution in [0, 0.1) is 0 Å². The number of benzene rings is 2. The van der Waals surface area contributed by atoms with Crippen molar-refractivity contribution >= 4 is 22.6 Å². The van der Waals surface area contributed by atoms with Gasteiger partial charge in [0.05, 0.1) is 0 Å². The zero-order chi connectivity index (χ0) is 15.7. The van der Waals surface area contributed by atoms with E-state index in [4.69, 9.17) is 5.73 Å². The Balaban J connectivity index is 2.15. The summed E-state index contributed by atoms with van der Waals surface area (Å²) in [6.07, 6.45) is 1.84. The zero-order valence-electron chi connectivity index (χ0n) is 12.2. The van der Waals surface area contributed by atoms with E-state index in [9.17, 15) is 9.59 Å². The molecular formula is C18H16N2O2. The molecule has 1 amide bonds. The normalized spacial score (nSPS) is 10.8. The summed E-state index contributed by atoms with van der Waals surface area (Å²) in [6.45, 7) is 2.19. The highest BCUT2D eigenvalue weighted by Crippen LogP contribution is 2.24. The first-order valence-corrected chi connectivity index (χ1v) is 7.04. The fourth-order valence-corrected chi connectivity index (χ4v) is 2.64. The van der Waals surface area contributed by atoms with Gasteiger partial charge >= 0.3 is 0 Å². The van der Waals surface area contributed by atoms with Crippen molar-refractivity contribution in [2.75, 3.05) is 0 Å². The summed E-state index contributed by atoms with van der Waals surface area (Å²) in [5.41, 5.74) is 8.41. The monoisotopic (exact) mass is 292 g/mol. The van der Waals surface area contributed by atoms with Crippen LogP contribution in [0.4, 0.5) is 0 Å². The van der Waals surface area contributed by atoms with E-state index in [1.165, 1.54) is 6.92 Å². The van der Waals surface area contributed by atoms with Crippen molar-refractivity contribution < 1.29 is 9.59 Å². The number of amides is 1. The van der Waals surface area contributed by atoms with Crippen molar-refractivity contribution in [2.45, 2.75) is 13.5 Å². The van der Waals surface area contributed by atoms with Gasteiger partial charge in [-0.1, -0.05) is 30.3 Å². The molecule has 1 heterocycles. The van der Waals surface area contributed by atoms with Crippen LogP contribution < -0.4 is 5.73 Å². The lowest BCUT2D eigenvalue weighted by molar-refractivity contribution is 0.0995. The molecule has 0 saturated carbocycles. The topological polar surface area (TPSA) is 65.1 Å². The third-order valence-corrected chi connectivity index (χ3v) is 3.74. The van der Waals surface area contributed by atoms with Crippen LogP contribution in [0.3, 0.4) is 0 Å². The second kappa shape index (κ2) is 5.48. The molecule has 2 N–H and O–H groups in total. The highest BCUT2D eigenvalue weighted by molar-refractivity contribution is 6.09. The number of Topliss-reactive ketones (excluding diaryl/α,β-unsaturated/α-hetero) is 1. The number of nitrogens with two attached hydrogens (primary N) is 1. The Kier molecular flexibility index (Phi) is 3.51. The molecule has 110 valence electrons. The van der Waals surface area contributed by atoms with E-state index in [0.717, 1.165) is 16.5 Å². The van der Waals surface area contributed by atoms with Crippen LogP contribution in [0.2, 0.25) is 0 Å². The van der Waals surface area contributed by atoms with Crippen LogP contribution in [0.5, 0.6) is 0 Å². The average molecular weight is 292 g/mol. The lowest BCUT2D eigenvalue weighted by Crippen LogP contribution is -2.10. The minimum atomic E-state index is -0.493. The lowest BCUT2D eigenvalue weighted by Gasteiger charge is -2.05. The van der Waals surface area contributed by atoms with E-state index in [-0.39, 0.29) is 5.78 Å². The predicted octanol–water partition coefficient (Wildman–Crippen LogP) is 2.99. The van der Waals surface area contributed by atoms with E-state index in [1.54, 1.807) is 12.1 Å². The van der Waals surface area contributed by atoms with Gasteiger partial charge in [0, 0.05) is 34.8 Å². The van der Waals surface area contributed by atoms with Crippen molar-refractivity contribution in [1.82, 2.24) is 4.57 Å². The molecule has 3 rings (SSSR count). The quantitative estimate of drug-likeness (QED) is 0.751. The summed E-state index contributed by atoms with van der Waals surface area (Å²) in [7, 11) is 0. The molecular weight excluding hydrogens is 276 g/mol. The summed E-state index contributed by atoms with van der Waals surface area (Å²) in [4.78, 5) is 23.2. The van der Waals surface area contributed by atoms with Gasteiger partial charge in [0.15, 0.2) is 5.78 Å². The molecule has 0 bridgehead atoms. The second-order valence-corrected chi connectivity index (χ2v) is 5.31. The molecule has 0 atom stereocenters. The molecule has 1 aromatic heterocycles. The minimum Gasteiger partial charge on any atom is -0.366 e. The number of carbonyl (C=O) groups is 2. The number of fused-ring (bicyclic) bond motifs is 1. The van der Waals surface area contributed by atoms with Gasteiger partial charge in [-0.15, -0.1) is 0 Å². The molecule has 3 aromatic rings. The first-order chi connectivity index (χ1) is 10.6. The molecule has 0 aliphatic carbocycles. The third-order valence-electron chi connectivity index (χ3n) is 3.74. The third kappa shape index (κ3) is 2.51. The van der Waals surface area contributed by atoms with E-state index >= 15 is 0 Å². The fourth-order valence-electron chi connectivity index (χ4n) is 2.64. The van der Waals surface area contributed by atoms with Crippen LogP contribution >= 0.6 is 0 Å². The number of nitrogens with zero attached hydrogens (tertiary/aromatic N) is 1. The maximum atomic E-state index is 11.9. The van der Waals surface area contributed by atoms with E-state index < -0.39 is 5.91 Å². The molecule has 4 heteroatoms. The molecule has 4 nitrogen and oxygen atoms in total. The van der Waals surface area contributed by atoms with Crippen LogP contribution in [0.1, 0.15) is 33.2 Å². The number of rotatable bonds is 4. The highest BCUT2D eigenvalue weighted by Gasteiger charge is 2.14. The van der Waals surface area contributed by atoms with Gasteiger partial charge in [0.1, 0.15) is 0 Å². The van der Waals surface area contributed by atoms with Crippen molar-refractivity contribution in [1.29, 1.82) is 0 Å². The van der Waals surface area contributed by atoms with Crippen molar-refractivity contribution in [2.24, 2.45) is 5.73 Å². The first kappa shape index (κ1) is 14.1. The van der Waals surface area contributed by atoms with Crippen molar-refractivity contribution in [3.8, 4) is 0 Å². The summed E-state index contributed by atoms with van der Waals surface area (Å²) in [5.74, 6) is -0.523. The number of aromatic nitrogens is 1. The van der Waals surface area contributed by atoms with Crippen LogP contribution in [0.15, 0.2) is 54.7 Å². The predicted molar refractivity (Wildman–Crippen MR) is 86.0 cm³/mol. The Hall–Kier alpha value is -2.88. The summed E-state index contributed by atoms with van der Waals surface area (Å²) >= 11 is 0. The van der Waals surface area contributed by atoms with Gasteiger partial charge in [0.2, 0.25) is 5.91 Å². The fraction of sp³-hybridized carbons (Fsp3) is 0.111. The summed E-state index contributed by atoms with van der Waals surface area (Å²) in [5, 5.41) is 0.764. The molecule has 0 aliphatic rings. The Morgan fingerprint density at radius 2 is 1.82 bits per heavy atom. The van der Waals surface area contributed by atoms with Crippen LogP contribution in [-0.2, 0) is 6.54 Å². The Bertz CT molecular complexity index is 863. The summed E-state index contributed by atoms with van der Waals surface area (Å²) in [6, 6.07) is 15.2. The highest BCUT2D eigenvalue weighted by atomic mass is 16.1. The van der Waals surface area contributed by atoms with Gasteiger partial charge in [-0.2, -0.15) is 0 Å². The summed E-state index contributed by atoms with van der Waals surface area (Å²) < 4.78 is 2.02. The van der Waals surface area contributed by atoms with E-state index in [1.807, 2.05) is 47.2 Å². The molecule has 0 saturated heterocycles. The molecule has 0 unspecified atom stereocenters. The SMILES string of the molecule is CC(=O)c1cn(Cc2ccccc2)c2ccc(C(N)=O)cc12. The van der Waals surface area contributed by atoms with Crippen LogP contribution in [0.25, 0.3) is 10.9 Å². The van der Waals surface area contributed by atoms with Gasteiger partial charge in [-0.25, -0.2) is 0 Å².